The van der Waals surface area contributed by atoms with Crippen molar-refractivity contribution >= 4 is 0 Å². The van der Waals surface area contributed by atoms with Gasteiger partial charge in [0.2, 0.25) is 0 Å². The Labute approximate surface area is 86.5 Å². The van der Waals surface area contributed by atoms with E-state index in [1.54, 1.807) is 6.92 Å². The fourth-order valence-corrected chi connectivity index (χ4v) is 1.34. The molecule has 1 heterocycles. The first-order valence-electron chi connectivity index (χ1n) is 4.43. The van der Waals surface area contributed by atoms with E-state index in [1.165, 1.54) is 0 Å². The summed E-state index contributed by atoms with van der Waals surface area (Å²) in [5.74, 6) is 0.536. The molecule has 2 aromatic rings. The lowest BCUT2D eigenvalue weighted by atomic mass is 10.1. The smallest absolute Gasteiger partial charge is 0.342 e. The van der Waals surface area contributed by atoms with Gasteiger partial charge in [0, 0.05) is 10.6 Å². The highest BCUT2D eigenvalue weighted by molar-refractivity contribution is 5.67. The minimum absolute atomic E-state index is 0.510. The van der Waals surface area contributed by atoms with Crippen molar-refractivity contribution in [1.29, 1.82) is 0 Å². The third-order valence-electron chi connectivity index (χ3n) is 2.07. The maximum atomic E-state index is 10.2. The van der Waals surface area contributed by atoms with Crippen LogP contribution in [0.1, 0.15) is 11.3 Å². The van der Waals surface area contributed by atoms with Crippen molar-refractivity contribution in [1.82, 2.24) is 5.16 Å². The van der Waals surface area contributed by atoms with Gasteiger partial charge in [-0.1, -0.05) is 35.5 Å². The van der Waals surface area contributed by atoms with E-state index >= 15 is 0 Å². The molecule has 1 aromatic carbocycles. The number of rotatable bonds is 1. The first kappa shape index (κ1) is 9.28. The topological polar surface area (TPSA) is 53.5 Å². The molecule has 1 aromatic heterocycles. The van der Waals surface area contributed by atoms with E-state index in [2.05, 4.69) is 16.2 Å². The normalized spacial score (nSPS) is 9.40. The molecule has 0 N–H and O–H groups in total. The van der Waals surface area contributed by atoms with E-state index in [0.717, 1.165) is 5.56 Å². The van der Waals surface area contributed by atoms with Gasteiger partial charge in [0.1, 0.15) is 5.69 Å². The Morgan fingerprint density at radius 3 is 2.73 bits per heavy atom. The van der Waals surface area contributed by atoms with Crippen molar-refractivity contribution in [3.05, 3.63) is 51.9 Å². The average Bonchev–Trinajstić information content (AvgIpc) is 2.63. The Morgan fingerprint density at radius 2 is 2.07 bits per heavy atom. The SMILES string of the molecule is Cc1onc(-c2ccccc2)c1C#[N+][O-]. The van der Waals surface area contributed by atoms with Crippen molar-refractivity contribution in [3.8, 4) is 17.3 Å². The summed E-state index contributed by atoms with van der Waals surface area (Å²) in [5, 5.41) is 16.7. The molecule has 15 heavy (non-hydrogen) atoms. The van der Waals surface area contributed by atoms with Gasteiger partial charge in [0.25, 0.3) is 0 Å². The van der Waals surface area contributed by atoms with Crippen LogP contribution in [-0.4, -0.2) is 5.16 Å². The van der Waals surface area contributed by atoms with E-state index in [9.17, 15) is 5.21 Å². The van der Waals surface area contributed by atoms with Crippen LogP contribution >= 0.6 is 0 Å². The first-order chi connectivity index (χ1) is 7.33. The van der Waals surface area contributed by atoms with Gasteiger partial charge in [-0.25, -0.2) is 0 Å². The van der Waals surface area contributed by atoms with Gasteiger partial charge in [-0.05, 0) is 6.92 Å². The van der Waals surface area contributed by atoms with E-state index in [-0.39, 0.29) is 0 Å². The Morgan fingerprint density at radius 1 is 1.33 bits per heavy atom. The van der Waals surface area contributed by atoms with Crippen molar-refractivity contribution in [2.75, 3.05) is 0 Å². The third-order valence-corrected chi connectivity index (χ3v) is 2.07. The molecule has 0 fully saturated rings. The number of hydrogen-bond acceptors (Lipinski definition) is 3. The minimum atomic E-state index is 0.510. The summed E-state index contributed by atoms with van der Waals surface area (Å²) in [6, 6.07) is 11.8. The van der Waals surface area contributed by atoms with Crippen LogP contribution in [-0.2, 0) is 0 Å². The summed E-state index contributed by atoms with van der Waals surface area (Å²) in [6.07, 6.45) is 0. The van der Waals surface area contributed by atoms with Gasteiger partial charge in [-0.2, -0.15) is 0 Å². The second-order valence-corrected chi connectivity index (χ2v) is 3.03. The lowest BCUT2D eigenvalue weighted by Crippen LogP contribution is -1.81. The Kier molecular flexibility index (Phi) is 2.38. The molecule has 0 aliphatic carbocycles. The van der Waals surface area contributed by atoms with Gasteiger partial charge in [0.05, 0.1) is 0 Å². The summed E-state index contributed by atoms with van der Waals surface area (Å²) < 4.78 is 4.99. The fourth-order valence-electron chi connectivity index (χ4n) is 1.34. The fraction of sp³-hybridized carbons (Fsp3) is 0.0909. The molecule has 74 valence electrons. The second kappa shape index (κ2) is 3.84. The van der Waals surface area contributed by atoms with Gasteiger partial charge >= 0.3 is 6.07 Å². The lowest BCUT2D eigenvalue weighted by Gasteiger charge is -1.92. The molecule has 0 aliphatic heterocycles. The van der Waals surface area contributed by atoms with Crippen molar-refractivity contribution in [3.63, 3.8) is 0 Å². The lowest BCUT2D eigenvalue weighted by molar-refractivity contribution is 0.399. The quantitative estimate of drug-likeness (QED) is 0.665. The minimum Gasteiger partial charge on any atom is -0.498 e. The maximum absolute atomic E-state index is 10.2. The zero-order valence-electron chi connectivity index (χ0n) is 8.10. The van der Waals surface area contributed by atoms with Crippen molar-refractivity contribution in [2.45, 2.75) is 6.92 Å². The predicted molar refractivity (Wildman–Crippen MR) is 56.4 cm³/mol. The summed E-state index contributed by atoms with van der Waals surface area (Å²) in [5.41, 5.74) is 1.98. The number of benzene rings is 1. The van der Waals surface area contributed by atoms with Gasteiger partial charge in [-0.3, -0.25) is 0 Å². The highest BCUT2D eigenvalue weighted by atomic mass is 16.5. The largest absolute Gasteiger partial charge is 0.498 e. The molecule has 0 aliphatic rings. The molecular weight excluding hydrogens is 192 g/mol. The maximum Gasteiger partial charge on any atom is 0.342 e. The molecule has 0 saturated carbocycles. The van der Waals surface area contributed by atoms with Gasteiger partial charge in [0.15, 0.2) is 11.3 Å². The van der Waals surface area contributed by atoms with E-state index in [1.807, 2.05) is 30.3 Å². The molecule has 0 bridgehead atoms. The third kappa shape index (κ3) is 1.67. The molecule has 4 nitrogen and oxygen atoms in total. The van der Waals surface area contributed by atoms with Crippen LogP contribution < -0.4 is 0 Å². The van der Waals surface area contributed by atoms with Crippen LogP contribution in [0, 0.1) is 18.2 Å². The summed E-state index contributed by atoms with van der Waals surface area (Å²) in [7, 11) is 0. The summed E-state index contributed by atoms with van der Waals surface area (Å²) in [4.78, 5) is 0. The molecule has 2 rings (SSSR count). The highest BCUT2D eigenvalue weighted by Crippen LogP contribution is 2.23. The van der Waals surface area contributed by atoms with E-state index in [4.69, 9.17) is 4.52 Å². The number of hydrogen-bond donors (Lipinski definition) is 0. The monoisotopic (exact) mass is 200 g/mol. The molecule has 4 heteroatoms. The van der Waals surface area contributed by atoms with Crippen LogP contribution in [0.3, 0.4) is 0 Å². The predicted octanol–water partition coefficient (Wildman–Crippen LogP) is 2.83. The zero-order chi connectivity index (χ0) is 10.7. The molecule has 0 atom stereocenters. The van der Waals surface area contributed by atoms with E-state index < -0.39 is 0 Å². The molecule has 0 radical (unpaired) electrons. The van der Waals surface area contributed by atoms with Crippen molar-refractivity contribution in [2.24, 2.45) is 0 Å². The van der Waals surface area contributed by atoms with Crippen LogP contribution in [0.2, 0.25) is 0 Å². The standard InChI is InChI=1S/C11H8N2O2/c1-8-10(7-12-14)11(13-15-8)9-5-3-2-4-6-9/h2-6H,1H3. The van der Waals surface area contributed by atoms with Gasteiger partial charge < -0.3 is 9.73 Å². The van der Waals surface area contributed by atoms with Crippen LogP contribution in [0.5, 0.6) is 0 Å². The van der Waals surface area contributed by atoms with Crippen LogP contribution in [0.25, 0.3) is 16.3 Å². The molecule has 0 spiro atoms. The zero-order valence-corrected chi connectivity index (χ0v) is 8.10. The Bertz CT molecular complexity index is 521. The van der Waals surface area contributed by atoms with Crippen LogP contribution in [0.15, 0.2) is 34.9 Å². The number of aromatic nitrogens is 1. The molecule has 0 amide bonds. The molecule has 0 unspecified atom stereocenters. The average molecular weight is 200 g/mol. The van der Waals surface area contributed by atoms with Gasteiger partial charge in [-0.15, -0.1) is 0 Å². The highest BCUT2D eigenvalue weighted by Gasteiger charge is 2.16. The van der Waals surface area contributed by atoms with Crippen molar-refractivity contribution < 1.29 is 4.52 Å². The number of nitrogens with zero attached hydrogens (tertiary/aromatic N) is 2. The summed E-state index contributed by atoms with van der Waals surface area (Å²) >= 11 is 0. The molecule has 0 saturated heterocycles. The number of aryl methyl sites for hydroxylation is 1. The molecular formula is C11H8N2O2. The van der Waals surface area contributed by atoms with Crippen LogP contribution in [0.4, 0.5) is 0 Å². The summed E-state index contributed by atoms with van der Waals surface area (Å²) in [6.45, 7) is 1.72. The Hall–Kier alpha value is -2.28. The second-order valence-electron chi connectivity index (χ2n) is 3.03. The van der Waals surface area contributed by atoms with E-state index in [0.29, 0.717) is 17.0 Å². The first-order valence-corrected chi connectivity index (χ1v) is 4.43. The Balaban J connectivity index is 2.57.